The SMILES string of the molecule is CC(O)CN(C)Cc1nc(NN)c2ccsc2n1. The lowest BCUT2D eigenvalue weighted by Crippen LogP contribution is -2.27. The molecule has 0 spiro atoms. The maximum Gasteiger partial charge on any atom is 0.152 e. The highest BCUT2D eigenvalue weighted by Crippen LogP contribution is 2.24. The van der Waals surface area contributed by atoms with Crippen molar-refractivity contribution < 1.29 is 5.11 Å². The van der Waals surface area contributed by atoms with Gasteiger partial charge in [0.2, 0.25) is 0 Å². The average molecular weight is 267 g/mol. The number of aromatic nitrogens is 2. The van der Waals surface area contributed by atoms with Crippen LogP contribution in [0.15, 0.2) is 11.4 Å². The van der Waals surface area contributed by atoms with Gasteiger partial charge in [-0.1, -0.05) is 0 Å². The number of likely N-dealkylation sites (N-methyl/N-ethyl adjacent to an activating group) is 1. The Hall–Kier alpha value is -1.28. The van der Waals surface area contributed by atoms with Gasteiger partial charge in [0.1, 0.15) is 10.7 Å². The van der Waals surface area contributed by atoms with Crippen LogP contribution in [0.2, 0.25) is 0 Å². The number of hydrogen-bond acceptors (Lipinski definition) is 7. The summed E-state index contributed by atoms with van der Waals surface area (Å²) in [5.74, 6) is 6.80. The van der Waals surface area contributed by atoms with Gasteiger partial charge in [0.25, 0.3) is 0 Å². The van der Waals surface area contributed by atoms with Crippen LogP contribution in [0.5, 0.6) is 0 Å². The van der Waals surface area contributed by atoms with Crippen LogP contribution in [0.4, 0.5) is 5.82 Å². The van der Waals surface area contributed by atoms with Crippen molar-refractivity contribution in [1.29, 1.82) is 0 Å². The fraction of sp³-hybridized carbons (Fsp3) is 0.455. The van der Waals surface area contributed by atoms with Gasteiger partial charge < -0.3 is 10.5 Å². The highest BCUT2D eigenvalue weighted by atomic mass is 32.1. The fourth-order valence-corrected chi connectivity index (χ4v) is 2.62. The molecule has 98 valence electrons. The van der Waals surface area contributed by atoms with E-state index >= 15 is 0 Å². The molecule has 0 bridgehead atoms. The van der Waals surface area contributed by atoms with E-state index in [0.29, 0.717) is 24.7 Å². The van der Waals surface area contributed by atoms with Crippen molar-refractivity contribution in [2.45, 2.75) is 19.6 Å². The first-order valence-corrected chi connectivity index (χ1v) is 6.55. The van der Waals surface area contributed by atoms with E-state index in [4.69, 9.17) is 5.84 Å². The molecule has 2 aromatic rings. The highest BCUT2D eigenvalue weighted by molar-refractivity contribution is 7.16. The molecular formula is C11H17N5OS. The monoisotopic (exact) mass is 267 g/mol. The molecule has 2 heterocycles. The van der Waals surface area contributed by atoms with E-state index < -0.39 is 0 Å². The van der Waals surface area contributed by atoms with E-state index in [2.05, 4.69) is 15.4 Å². The maximum absolute atomic E-state index is 9.33. The number of nitrogen functional groups attached to an aromatic ring is 1. The minimum absolute atomic E-state index is 0.368. The molecule has 4 N–H and O–H groups in total. The van der Waals surface area contributed by atoms with Crippen LogP contribution in [0.3, 0.4) is 0 Å². The van der Waals surface area contributed by atoms with E-state index in [-0.39, 0.29) is 6.10 Å². The minimum atomic E-state index is -0.368. The molecule has 1 unspecified atom stereocenters. The summed E-state index contributed by atoms with van der Waals surface area (Å²) in [5, 5.41) is 12.2. The number of nitrogens with one attached hydrogen (secondary N) is 1. The normalized spacial score (nSPS) is 13.2. The third-order valence-electron chi connectivity index (χ3n) is 2.50. The molecule has 0 aliphatic carbocycles. The zero-order chi connectivity index (χ0) is 13.1. The Bertz CT molecular complexity index is 527. The lowest BCUT2D eigenvalue weighted by Gasteiger charge is -2.17. The molecule has 0 aliphatic rings. The standard InChI is InChI=1S/C11H17N5OS/c1-7(17)5-16(2)6-9-13-10(15-12)8-3-4-18-11(8)14-9/h3-4,7,17H,5-6,12H2,1-2H3,(H,13,14,15). The number of anilines is 1. The predicted molar refractivity (Wildman–Crippen MR) is 73.2 cm³/mol. The zero-order valence-corrected chi connectivity index (χ0v) is 11.2. The number of nitrogens with two attached hydrogens (primary N) is 1. The van der Waals surface area contributed by atoms with Crippen molar-refractivity contribution in [2.75, 3.05) is 19.0 Å². The molecule has 0 saturated carbocycles. The number of nitrogens with zero attached hydrogens (tertiary/aromatic N) is 3. The lowest BCUT2D eigenvalue weighted by atomic mass is 10.3. The summed E-state index contributed by atoms with van der Waals surface area (Å²) in [4.78, 5) is 11.7. The molecule has 0 radical (unpaired) electrons. The summed E-state index contributed by atoms with van der Waals surface area (Å²) >= 11 is 1.56. The smallest absolute Gasteiger partial charge is 0.152 e. The zero-order valence-electron chi connectivity index (χ0n) is 10.4. The Morgan fingerprint density at radius 1 is 1.56 bits per heavy atom. The predicted octanol–water partition coefficient (Wildman–Crippen LogP) is 0.789. The van der Waals surface area contributed by atoms with Gasteiger partial charge in [-0.3, -0.25) is 4.90 Å². The van der Waals surface area contributed by atoms with Crippen LogP contribution in [0, 0.1) is 0 Å². The van der Waals surface area contributed by atoms with Crippen molar-refractivity contribution >= 4 is 27.4 Å². The number of aliphatic hydroxyl groups is 1. The average Bonchev–Trinajstić information content (AvgIpc) is 2.74. The summed E-state index contributed by atoms with van der Waals surface area (Å²) in [6.07, 6.45) is -0.368. The third-order valence-corrected chi connectivity index (χ3v) is 3.30. The first kappa shape index (κ1) is 13.2. The molecule has 0 saturated heterocycles. The van der Waals surface area contributed by atoms with E-state index in [1.165, 1.54) is 0 Å². The van der Waals surface area contributed by atoms with Gasteiger partial charge in [-0.15, -0.1) is 11.3 Å². The fourth-order valence-electron chi connectivity index (χ4n) is 1.84. The van der Waals surface area contributed by atoms with Gasteiger partial charge in [0.05, 0.1) is 18.0 Å². The number of hydrogen-bond donors (Lipinski definition) is 3. The second-order valence-electron chi connectivity index (χ2n) is 4.32. The van der Waals surface area contributed by atoms with E-state index in [1.807, 2.05) is 23.4 Å². The van der Waals surface area contributed by atoms with Crippen LogP contribution >= 0.6 is 11.3 Å². The van der Waals surface area contributed by atoms with Gasteiger partial charge in [0, 0.05) is 6.54 Å². The molecule has 0 fully saturated rings. The number of fused-ring (bicyclic) bond motifs is 1. The lowest BCUT2D eigenvalue weighted by molar-refractivity contribution is 0.137. The number of rotatable bonds is 5. The summed E-state index contributed by atoms with van der Waals surface area (Å²) in [6.45, 7) is 2.91. The molecule has 0 aromatic carbocycles. The van der Waals surface area contributed by atoms with Crippen molar-refractivity contribution in [1.82, 2.24) is 14.9 Å². The Morgan fingerprint density at radius 2 is 2.33 bits per heavy atom. The maximum atomic E-state index is 9.33. The Morgan fingerprint density at radius 3 is 3.00 bits per heavy atom. The highest BCUT2D eigenvalue weighted by Gasteiger charge is 2.10. The third kappa shape index (κ3) is 2.94. The topological polar surface area (TPSA) is 87.3 Å². The van der Waals surface area contributed by atoms with Gasteiger partial charge in [-0.25, -0.2) is 15.8 Å². The molecule has 0 amide bonds. The Labute approximate surface area is 109 Å². The summed E-state index contributed by atoms with van der Waals surface area (Å²) < 4.78 is 0. The van der Waals surface area contributed by atoms with Gasteiger partial charge >= 0.3 is 0 Å². The summed E-state index contributed by atoms with van der Waals surface area (Å²) in [6, 6.07) is 1.94. The van der Waals surface area contributed by atoms with Crippen molar-refractivity contribution in [3.8, 4) is 0 Å². The molecular weight excluding hydrogens is 250 g/mol. The second kappa shape index (κ2) is 5.57. The number of hydrazine groups is 1. The largest absolute Gasteiger partial charge is 0.392 e. The van der Waals surface area contributed by atoms with Crippen LogP contribution in [-0.4, -0.2) is 39.7 Å². The molecule has 2 rings (SSSR count). The van der Waals surface area contributed by atoms with Crippen molar-refractivity contribution in [3.05, 3.63) is 17.3 Å². The summed E-state index contributed by atoms with van der Waals surface area (Å²) in [5.41, 5.74) is 2.60. The van der Waals surface area contributed by atoms with E-state index in [0.717, 1.165) is 10.2 Å². The van der Waals surface area contributed by atoms with Gasteiger partial charge in [0.15, 0.2) is 5.82 Å². The quantitative estimate of drug-likeness (QED) is 0.548. The van der Waals surface area contributed by atoms with E-state index in [1.54, 1.807) is 18.3 Å². The van der Waals surface area contributed by atoms with Crippen LogP contribution in [0.1, 0.15) is 12.7 Å². The first-order valence-electron chi connectivity index (χ1n) is 5.67. The van der Waals surface area contributed by atoms with Gasteiger partial charge in [-0.05, 0) is 25.4 Å². The van der Waals surface area contributed by atoms with Crippen molar-refractivity contribution in [3.63, 3.8) is 0 Å². The van der Waals surface area contributed by atoms with Crippen LogP contribution < -0.4 is 11.3 Å². The van der Waals surface area contributed by atoms with Crippen molar-refractivity contribution in [2.24, 2.45) is 5.84 Å². The summed E-state index contributed by atoms with van der Waals surface area (Å²) in [7, 11) is 1.92. The molecule has 1 atom stereocenters. The number of aliphatic hydroxyl groups excluding tert-OH is 1. The molecule has 7 heteroatoms. The Kier molecular flexibility index (Phi) is 4.07. The van der Waals surface area contributed by atoms with E-state index in [9.17, 15) is 5.11 Å². The Balaban J connectivity index is 2.22. The molecule has 0 aliphatic heterocycles. The minimum Gasteiger partial charge on any atom is -0.392 e. The second-order valence-corrected chi connectivity index (χ2v) is 5.21. The molecule has 18 heavy (non-hydrogen) atoms. The first-order chi connectivity index (χ1) is 8.60. The van der Waals surface area contributed by atoms with Crippen LogP contribution in [0.25, 0.3) is 10.2 Å². The number of thiophene rings is 1. The molecule has 6 nitrogen and oxygen atoms in total. The van der Waals surface area contributed by atoms with Gasteiger partial charge in [-0.2, -0.15) is 0 Å². The molecule has 2 aromatic heterocycles. The van der Waals surface area contributed by atoms with Crippen LogP contribution in [-0.2, 0) is 6.54 Å².